The van der Waals surface area contributed by atoms with Crippen LogP contribution in [0.15, 0.2) is 77.7 Å². The summed E-state index contributed by atoms with van der Waals surface area (Å²) in [4.78, 5) is 12.7. The molecule has 0 heterocycles. The number of hydrogen-bond acceptors (Lipinski definition) is 3. The number of halogens is 1. The van der Waals surface area contributed by atoms with Crippen molar-refractivity contribution in [3.8, 4) is 0 Å². The average molecular weight is 415 g/mol. The van der Waals surface area contributed by atoms with Crippen molar-refractivity contribution in [1.82, 2.24) is 0 Å². The molecule has 1 N–H and O–H groups in total. The smallest absolute Gasteiger partial charge is 0.264 e. The lowest BCUT2D eigenvalue weighted by molar-refractivity contribution is 0.102. The number of hydrogen-bond donors (Lipinski definition) is 1. The van der Waals surface area contributed by atoms with Crippen LogP contribution in [0.1, 0.15) is 15.9 Å². The number of benzene rings is 3. The molecule has 0 radical (unpaired) electrons. The Morgan fingerprint density at radius 3 is 2.39 bits per heavy atom. The molecule has 3 rings (SSSR count). The summed E-state index contributed by atoms with van der Waals surface area (Å²) in [6.45, 7) is 1.85. The number of nitrogens with zero attached hydrogens (tertiary/aromatic N) is 1. The van der Waals surface area contributed by atoms with Crippen LogP contribution < -0.4 is 9.62 Å². The largest absolute Gasteiger partial charge is 0.322 e. The predicted molar refractivity (Wildman–Crippen MR) is 113 cm³/mol. The number of carbonyl (C=O) groups excluding carboxylic acids is 1. The topological polar surface area (TPSA) is 66.5 Å². The van der Waals surface area contributed by atoms with Gasteiger partial charge >= 0.3 is 0 Å². The van der Waals surface area contributed by atoms with Gasteiger partial charge in [0.15, 0.2) is 0 Å². The van der Waals surface area contributed by atoms with Crippen molar-refractivity contribution in [3.05, 3.63) is 88.9 Å². The molecule has 0 saturated heterocycles. The molecule has 0 aliphatic carbocycles. The Morgan fingerprint density at radius 1 is 0.964 bits per heavy atom. The van der Waals surface area contributed by atoms with Crippen LogP contribution in [-0.2, 0) is 10.0 Å². The minimum Gasteiger partial charge on any atom is -0.322 e. The Labute approximate surface area is 169 Å². The molecule has 1 amide bonds. The summed E-state index contributed by atoms with van der Waals surface area (Å²) < 4.78 is 27.1. The lowest BCUT2D eigenvalue weighted by atomic mass is 10.1. The molecular weight excluding hydrogens is 396 g/mol. The highest BCUT2D eigenvalue weighted by Gasteiger charge is 2.22. The molecule has 0 aromatic heterocycles. The minimum absolute atomic E-state index is 0.0364. The molecule has 0 spiro atoms. The zero-order chi connectivity index (χ0) is 20.3. The second kappa shape index (κ2) is 8.04. The lowest BCUT2D eigenvalue weighted by Crippen LogP contribution is -2.26. The predicted octanol–water partition coefficient (Wildman–Crippen LogP) is 4.73. The molecule has 144 valence electrons. The zero-order valence-electron chi connectivity index (χ0n) is 15.4. The molecule has 0 bridgehead atoms. The fourth-order valence-electron chi connectivity index (χ4n) is 2.66. The number of rotatable bonds is 5. The SMILES string of the molecule is Cc1ccc(Cl)cc1NC(=O)c1cccc(S(=O)(=O)N(C)c2ccccc2)c1. The first kappa shape index (κ1) is 19.9. The van der Waals surface area contributed by atoms with Crippen molar-refractivity contribution >= 4 is 38.9 Å². The van der Waals surface area contributed by atoms with Crippen molar-refractivity contribution in [1.29, 1.82) is 0 Å². The van der Waals surface area contributed by atoms with Crippen molar-refractivity contribution in [3.63, 3.8) is 0 Å². The highest BCUT2D eigenvalue weighted by Crippen LogP contribution is 2.24. The van der Waals surface area contributed by atoms with Crippen molar-refractivity contribution < 1.29 is 13.2 Å². The van der Waals surface area contributed by atoms with E-state index in [9.17, 15) is 13.2 Å². The fourth-order valence-corrected chi connectivity index (χ4v) is 4.07. The van der Waals surface area contributed by atoms with Crippen LogP contribution in [0.4, 0.5) is 11.4 Å². The molecule has 3 aromatic rings. The Bertz CT molecular complexity index is 1120. The van der Waals surface area contributed by atoms with Gasteiger partial charge in [-0.2, -0.15) is 0 Å². The average Bonchev–Trinajstić information content (AvgIpc) is 2.71. The first-order chi connectivity index (χ1) is 13.3. The molecule has 28 heavy (non-hydrogen) atoms. The van der Waals surface area contributed by atoms with Gasteiger partial charge in [0, 0.05) is 23.3 Å². The van der Waals surface area contributed by atoms with Crippen LogP contribution >= 0.6 is 11.6 Å². The van der Waals surface area contributed by atoms with Gasteiger partial charge in [0.05, 0.1) is 10.6 Å². The van der Waals surface area contributed by atoms with E-state index < -0.39 is 15.9 Å². The van der Waals surface area contributed by atoms with Gasteiger partial charge in [-0.15, -0.1) is 0 Å². The van der Waals surface area contributed by atoms with E-state index in [1.165, 1.54) is 23.5 Å². The number of para-hydroxylation sites is 1. The van der Waals surface area contributed by atoms with Crippen LogP contribution in [0.3, 0.4) is 0 Å². The van der Waals surface area contributed by atoms with E-state index in [2.05, 4.69) is 5.32 Å². The summed E-state index contributed by atoms with van der Waals surface area (Å²) in [5.41, 5.74) is 2.20. The highest BCUT2D eigenvalue weighted by molar-refractivity contribution is 7.92. The van der Waals surface area contributed by atoms with E-state index in [1.54, 1.807) is 54.6 Å². The summed E-state index contributed by atoms with van der Waals surface area (Å²) in [6.07, 6.45) is 0. The van der Waals surface area contributed by atoms with E-state index in [4.69, 9.17) is 11.6 Å². The molecule has 0 saturated carbocycles. The summed E-state index contributed by atoms with van der Waals surface area (Å²) in [5, 5.41) is 3.28. The first-order valence-electron chi connectivity index (χ1n) is 8.50. The number of carbonyl (C=O) groups is 1. The number of anilines is 2. The number of aryl methyl sites for hydroxylation is 1. The molecule has 0 aliphatic heterocycles. The summed E-state index contributed by atoms with van der Waals surface area (Å²) >= 11 is 5.99. The molecule has 0 fully saturated rings. The van der Waals surface area contributed by atoms with Gasteiger partial charge in [-0.05, 0) is 55.0 Å². The lowest BCUT2D eigenvalue weighted by Gasteiger charge is -2.19. The molecule has 7 heteroatoms. The Morgan fingerprint density at radius 2 is 1.68 bits per heavy atom. The van der Waals surface area contributed by atoms with Gasteiger partial charge in [0.1, 0.15) is 0 Å². The second-order valence-electron chi connectivity index (χ2n) is 6.25. The van der Waals surface area contributed by atoms with Crippen LogP contribution in [0.5, 0.6) is 0 Å². The van der Waals surface area contributed by atoms with Crippen LogP contribution in [0.2, 0.25) is 5.02 Å². The van der Waals surface area contributed by atoms with Gasteiger partial charge in [0.2, 0.25) is 0 Å². The van der Waals surface area contributed by atoms with E-state index in [0.29, 0.717) is 16.4 Å². The van der Waals surface area contributed by atoms with Gasteiger partial charge in [-0.3, -0.25) is 9.10 Å². The third kappa shape index (κ3) is 4.18. The van der Waals surface area contributed by atoms with Gasteiger partial charge in [0.25, 0.3) is 15.9 Å². The first-order valence-corrected chi connectivity index (χ1v) is 10.3. The zero-order valence-corrected chi connectivity index (χ0v) is 17.0. The maximum Gasteiger partial charge on any atom is 0.264 e. The Balaban J connectivity index is 1.89. The maximum atomic E-state index is 12.9. The highest BCUT2D eigenvalue weighted by atomic mass is 35.5. The van der Waals surface area contributed by atoms with Crippen molar-refractivity contribution in [2.75, 3.05) is 16.7 Å². The van der Waals surface area contributed by atoms with Gasteiger partial charge in [-0.1, -0.05) is 41.9 Å². The van der Waals surface area contributed by atoms with E-state index in [0.717, 1.165) is 5.56 Å². The maximum absolute atomic E-state index is 12.9. The summed E-state index contributed by atoms with van der Waals surface area (Å²) in [5.74, 6) is -0.412. The number of amides is 1. The summed E-state index contributed by atoms with van der Waals surface area (Å²) in [6, 6.07) is 19.9. The van der Waals surface area contributed by atoms with Crippen molar-refractivity contribution in [2.24, 2.45) is 0 Å². The van der Waals surface area contributed by atoms with Gasteiger partial charge in [-0.25, -0.2) is 8.42 Å². The second-order valence-corrected chi connectivity index (χ2v) is 8.65. The summed E-state index contributed by atoms with van der Waals surface area (Å²) in [7, 11) is -2.32. The van der Waals surface area contributed by atoms with Crippen LogP contribution in [0, 0.1) is 6.92 Å². The van der Waals surface area contributed by atoms with E-state index in [-0.39, 0.29) is 10.5 Å². The molecular formula is C21H19ClN2O3S. The molecule has 0 aliphatic rings. The normalized spacial score (nSPS) is 11.1. The number of sulfonamides is 1. The van der Waals surface area contributed by atoms with E-state index >= 15 is 0 Å². The molecule has 3 aromatic carbocycles. The van der Waals surface area contributed by atoms with E-state index in [1.807, 2.05) is 13.0 Å². The third-order valence-corrected chi connectivity index (χ3v) is 6.34. The fraction of sp³-hybridized carbons (Fsp3) is 0.0952. The molecule has 5 nitrogen and oxygen atoms in total. The molecule has 0 atom stereocenters. The van der Waals surface area contributed by atoms with Crippen LogP contribution in [-0.4, -0.2) is 21.4 Å². The standard InChI is InChI=1S/C21H19ClN2O3S/c1-15-11-12-17(22)14-20(15)23-21(25)16-7-6-10-19(13-16)28(26,27)24(2)18-8-4-3-5-9-18/h3-14H,1-2H3,(H,23,25). The van der Waals surface area contributed by atoms with Crippen LogP contribution in [0.25, 0.3) is 0 Å². The minimum atomic E-state index is -3.80. The quantitative estimate of drug-likeness (QED) is 0.656. The third-order valence-electron chi connectivity index (χ3n) is 4.32. The molecule has 0 unspecified atom stereocenters. The monoisotopic (exact) mass is 414 g/mol. The van der Waals surface area contributed by atoms with Crippen molar-refractivity contribution in [2.45, 2.75) is 11.8 Å². The Hall–Kier alpha value is -2.83. The van der Waals surface area contributed by atoms with Gasteiger partial charge < -0.3 is 5.32 Å². The number of nitrogens with one attached hydrogen (secondary N) is 1. The Kier molecular flexibility index (Phi) is 5.72.